The molecule has 4 rings (SSSR count). The van der Waals surface area contributed by atoms with Gasteiger partial charge in [-0.2, -0.15) is 18.3 Å². The van der Waals surface area contributed by atoms with Crippen LogP contribution >= 0.6 is 23.2 Å². The Labute approximate surface area is 212 Å². The summed E-state index contributed by atoms with van der Waals surface area (Å²) in [4.78, 5) is 14.5. The average Bonchev–Trinajstić information content (AvgIpc) is 3.16. The molecule has 14 heteroatoms. The van der Waals surface area contributed by atoms with Crippen molar-refractivity contribution < 1.29 is 31.5 Å². The molecule has 188 valence electrons. The number of anilines is 1. The fraction of sp³-hybridized carbons (Fsp3) is 0.136. The van der Waals surface area contributed by atoms with E-state index in [0.717, 1.165) is 23.7 Å². The highest BCUT2D eigenvalue weighted by Gasteiger charge is 2.35. The lowest BCUT2D eigenvalue weighted by Crippen LogP contribution is -2.32. The molecule has 0 saturated heterocycles. The van der Waals surface area contributed by atoms with E-state index in [1.807, 2.05) is 0 Å². The summed E-state index contributed by atoms with van der Waals surface area (Å²) in [5.74, 6) is -1.79. The van der Waals surface area contributed by atoms with Crippen LogP contribution in [0, 0.1) is 0 Å². The van der Waals surface area contributed by atoms with Gasteiger partial charge in [0, 0.05) is 18.6 Å². The molecule has 2 aromatic heterocycles. The minimum absolute atomic E-state index is 0.252. The number of pyridine rings is 1. The van der Waals surface area contributed by atoms with Gasteiger partial charge in [-0.05, 0) is 42.0 Å². The smallest absolute Gasteiger partial charge is 0.417 e. The lowest BCUT2D eigenvalue weighted by molar-refractivity contribution is -0.137. The molecule has 0 radical (unpaired) electrons. The molecule has 0 atom stereocenters. The largest absolute Gasteiger partial charge is 0.478 e. The van der Waals surface area contributed by atoms with Crippen molar-refractivity contribution in [3.63, 3.8) is 0 Å². The molecule has 0 fully saturated rings. The Morgan fingerprint density at radius 3 is 2.42 bits per heavy atom. The first-order valence-corrected chi connectivity index (χ1v) is 12.2. The lowest BCUT2D eigenvalue weighted by atomic mass is 10.1. The van der Waals surface area contributed by atoms with Crippen LogP contribution in [-0.4, -0.2) is 34.3 Å². The molecule has 2 aromatic carbocycles. The molecule has 36 heavy (non-hydrogen) atoms. The van der Waals surface area contributed by atoms with E-state index in [2.05, 4.69) is 10.1 Å². The average molecular weight is 559 g/mol. The van der Waals surface area contributed by atoms with Crippen molar-refractivity contribution in [2.24, 2.45) is 7.05 Å². The summed E-state index contributed by atoms with van der Waals surface area (Å²) in [5.41, 5.74) is -0.186. The summed E-state index contributed by atoms with van der Waals surface area (Å²) in [5, 5.41) is 13.0. The van der Waals surface area contributed by atoms with Crippen LogP contribution < -0.4 is 4.31 Å². The van der Waals surface area contributed by atoms with Gasteiger partial charge in [0.1, 0.15) is 4.90 Å². The maximum atomic E-state index is 13.7. The summed E-state index contributed by atoms with van der Waals surface area (Å²) >= 11 is 12.2. The topological polar surface area (TPSA) is 105 Å². The first-order valence-electron chi connectivity index (χ1n) is 9.98. The Morgan fingerprint density at radius 2 is 1.81 bits per heavy atom. The van der Waals surface area contributed by atoms with Crippen LogP contribution in [0.15, 0.2) is 59.8 Å². The van der Waals surface area contributed by atoms with E-state index in [1.54, 1.807) is 36.1 Å². The quantitative estimate of drug-likeness (QED) is 0.340. The first-order chi connectivity index (χ1) is 16.8. The SMILES string of the molecule is Cn1ncc2cc(CN(c3ncc(C(F)(F)F)cc3Cl)S(=O)(=O)c3ccc(C(=O)O)cc3Cl)ccc21. The molecule has 0 saturated carbocycles. The molecule has 0 unspecified atom stereocenters. The van der Waals surface area contributed by atoms with Crippen molar-refractivity contribution in [1.82, 2.24) is 14.8 Å². The van der Waals surface area contributed by atoms with Gasteiger partial charge >= 0.3 is 12.1 Å². The van der Waals surface area contributed by atoms with Crippen molar-refractivity contribution in [2.75, 3.05) is 4.31 Å². The second-order valence-electron chi connectivity index (χ2n) is 7.65. The van der Waals surface area contributed by atoms with Crippen molar-refractivity contribution in [1.29, 1.82) is 0 Å². The first kappa shape index (κ1) is 25.7. The van der Waals surface area contributed by atoms with Gasteiger partial charge in [-0.25, -0.2) is 22.5 Å². The number of hydrogen-bond donors (Lipinski definition) is 1. The van der Waals surface area contributed by atoms with Crippen LogP contribution in [0.5, 0.6) is 0 Å². The van der Waals surface area contributed by atoms with E-state index < -0.39 is 48.5 Å². The van der Waals surface area contributed by atoms with Gasteiger partial charge in [0.05, 0.1) is 39.4 Å². The van der Waals surface area contributed by atoms with Gasteiger partial charge in [0.15, 0.2) is 5.82 Å². The summed E-state index contributed by atoms with van der Waals surface area (Å²) < 4.78 is 69.2. The van der Waals surface area contributed by atoms with Gasteiger partial charge in [-0.3, -0.25) is 4.68 Å². The van der Waals surface area contributed by atoms with Gasteiger partial charge in [-0.15, -0.1) is 0 Å². The number of carboxylic acid groups (broad SMARTS) is 1. The van der Waals surface area contributed by atoms with Crippen LogP contribution in [0.4, 0.5) is 19.0 Å². The second kappa shape index (κ2) is 9.26. The zero-order chi connectivity index (χ0) is 26.4. The number of hydrogen-bond acceptors (Lipinski definition) is 5. The molecule has 0 aliphatic heterocycles. The summed E-state index contributed by atoms with van der Waals surface area (Å²) in [6, 6.07) is 8.57. The summed E-state index contributed by atoms with van der Waals surface area (Å²) in [7, 11) is -2.86. The zero-order valence-electron chi connectivity index (χ0n) is 18.2. The molecule has 2 heterocycles. The molecule has 0 bridgehead atoms. The number of aromatic carboxylic acids is 1. The van der Waals surface area contributed by atoms with Crippen LogP contribution in [0.3, 0.4) is 0 Å². The molecule has 0 spiro atoms. The predicted molar refractivity (Wildman–Crippen MR) is 127 cm³/mol. The van der Waals surface area contributed by atoms with E-state index in [4.69, 9.17) is 28.3 Å². The van der Waals surface area contributed by atoms with Crippen LogP contribution in [0.1, 0.15) is 21.5 Å². The highest BCUT2D eigenvalue weighted by Crippen LogP contribution is 2.37. The maximum absolute atomic E-state index is 13.7. The molecular weight excluding hydrogens is 544 g/mol. The Bertz CT molecular complexity index is 1610. The van der Waals surface area contributed by atoms with Crippen molar-refractivity contribution in [3.05, 3.63) is 81.6 Å². The number of fused-ring (bicyclic) bond motifs is 1. The van der Waals surface area contributed by atoms with Gasteiger partial charge in [-0.1, -0.05) is 29.3 Å². The lowest BCUT2D eigenvalue weighted by Gasteiger charge is -2.25. The molecule has 0 amide bonds. The third kappa shape index (κ3) is 4.84. The van der Waals surface area contributed by atoms with E-state index in [0.29, 0.717) is 27.5 Å². The number of aryl methyl sites for hydroxylation is 1. The fourth-order valence-electron chi connectivity index (χ4n) is 3.48. The molecule has 8 nitrogen and oxygen atoms in total. The fourth-order valence-corrected chi connectivity index (χ4v) is 5.75. The van der Waals surface area contributed by atoms with Crippen LogP contribution in [0.25, 0.3) is 10.9 Å². The van der Waals surface area contributed by atoms with Gasteiger partial charge in [0.2, 0.25) is 0 Å². The predicted octanol–water partition coefficient (Wildman–Crippen LogP) is 5.39. The van der Waals surface area contributed by atoms with Crippen LogP contribution in [-0.2, 0) is 29.8 Å². The monoisotopic (exact) mass is 558 g/mol. The Hall–Kier alpha value is -3.35. The third-order valence-electron chi connectivity index (χ3n) is 5.27. The number of alkyl halides is 3. The Morgan fingerprint density at radius 1 is 1.08 bits per heavy atom. The maximum Gasteiger partial charge on any atom is 0.417 e. The van der Waals surface area contributed by atoms with Crippen molar-refractivity contribution in [3.8, 4) is 0 Å². The standard InChI is InChI=1S/C22H15Cl2F3N4O4S/c1-30-18-4-2-12(6-14(18)9-29-30)11-31(20-17(24)8-15(10-28-20)22(25,26)27)36(34,35)19-5-3-13(21(32)33)7-16(19)23/h2-10H,11H2,1H3,(H,32,33). The number of rotatable bonds is 6. The number of nitrogens with zero attached hydrogens (tertiary/aromatic N) is 4. The number of aromatic nitrogens is 3. The highest BCUT2D eigenvalue weighted by molar-refractivity contribution is 7.93. The number of halogens is 5. The van der Waals surface area contributed by atoms with Gasteiger partial charge < -0.3 is 5.11 Å². The molecule has 4 aromatic rings. The molecule has 0 aliphatic rings. The van der Waals surface area contributed by atoms with E-state index >= 15 is 0 Å². The Kier molecular flexibility index (Phi) is 6.62. The second-order valence-corrected chi connectivity index (χ2v) is 10.3. The summed E-state index contributed by atoms with van der Waals surface area (Å²) in [6.45, 7) is -0.373. The minimum atomic E-state index is -4.75. The van der Waals surface area contributed by atoms with E-state index in [9.17, 15) is 26.4 Å². The van der Waals surface area contributed by atoms with Crippen molar-refractivity contribution in [2.45, 2.75) is 17.6 Å². The van der Waals surface area contributed by atoms with Crippen molar-refractivity contribution >= 4 is 55.9 Å². The number of carbonyl (C=O) groups is 1. The van der Waals surface area contributed by atoms with Gasteiger partial charge in [0.25, 0.3) is 10.0 Å². The molecular formula is C22H15Cl2F3N4O4S. The third-order valence-corrected chi connectivity index (χ3v) is 7.77. The zero-order valence-corrected chi connectivity index (χ0v) is 20.5. The van der Waals surface area contributed by atoms with Crippen LogP contribution in [0.2, 0.25) is 10.0 Å². The minimum Gasteiger partial charge on any atom is -0.478 e. The Balaban J connectivity index is 1.86. The number of benzene rings is 2. The van der Waals surface area contributed by atoms with E-state index in [-0.39, 0.29) is 12.1 Å². The normalized spacial score (nSPS) is 12.2. The number of sulfonamides is 1. The molecule has 0 aliphatic carbocycles. The highest BCUT2D eigenvalue weighted by atomic mass is 35.5. The van der Waals surface area contributed by atoms with E-state index in [1.165, 1.54) is 0 Å². The molecule has 1 N–H and O–H groups in total. The summed E-state index contributed by atoms with van der Waals surface area (Å²) in [6.07, 6.45) is -2.70. The number of carboxylic acids is 1.